The molecule has 24 heavy (non-hydrogen) atoms. The summed E-state index contributed by atoms with van der Waals surface area (Å²) in [6, 6.07) is 16.5. The summed E-state index contributed by atoms with van der Waals surface area (Å²) in [4.78, 5) is 17.3. The Morgan fingerprint density at radius 1 is 1.08 bits per heavy atom. The van der Waals surface area contributed by atoms with Gasteiger partial charge in [-0.05, 0) is 28.1 Å². The van der Waals surface area contributed by atoms with Crippen molar-refractivity contribution in [2.24, 2.45) is 0 Å². The maximum Gasteiger partial charge on any atom is 0.255 e. The maximum absolute atomic E-state index is 12.8. The largest absolute Gasteiger partial charge is 0.300 e. The van der Waals surface area contributed by atoms with E-state index in [0.717, 1.165) is 15.8 Å². The van der Waals surface area contributed by atoms with Crippen LogP contribution in [0.2, 0.25) is 0 Å². The van der Waals surface area contributed by atoms with E-state index in [2.05, 4.69) is 25.8 Å². The molecule has 0 radical (unpaired) electrons. The van der Waals surface area contributed by atoms with E-state index in [0.29, 0.717) is 5.13 Å². The Balaban J connectivity index is 1.66. The third kappa shape index (κ3) is 2.74. The second-order valence-electron chi connectivity index (χ2n) is 5.08. The van der Waals surface area contributed by atoms with Gasteiger partial charge >= 0.3 is 0 Å². The monoisotopic (exact) mass is 336 g/mol. The van der Waals surface area contributed by atoms with Crippen LogP contribution >= 0.6 is 11.3 Å². The lowest BCUT2D eigenvalue weighted by atomic mass is 10.1. The van der Waals surface area contributed by atoms with Gasteiger partial charge in [-0.25, -0.2) is 9.67 Å². The molecule has 0 spiro atoms. The highest BCUT2D eigenvalue weighted by molar-refractivity contribution is 7.22. The van der Waals surface area contributed by atoms with Gasteiger partial charge in [-0.2, -0.15) is 0 Å². The van der Waals surface area contributed by atoms with E-state index in [1.54, 1.807) is 0 Å². The molecular formula is C16H12N6OS. The number of anilines is 1. The van der Waals surface area contributed by atoms with Gasteiger partial charge in [0.2, 0.25) is 0 Å². The molecule has 7 nitrogen and oxygen atoms in total. The van der Waals surface area contributed by atoms with Crippen molar-refractivity contribution in [3.63, 3.8) is 0 Å². The van der Waals surface area contributed by atoms with Crippen LogP contribution in [0.1, 0.15) is 11.6 Å². The fourth-order valence-corrected chi connectivity index (χ4v) is 3.31. The number of benzene rings is 2. The first-order chi connectivity index (χ1) is 11.8. The Morgan fingerprint density at radius 3 is 2.62 bits per heavy atom. The minimum absolute atomic E-state index is 0.243. The average Bonchev–Trinajstić information content (AvgIpc) is 3.25. The molecule has 0 bridgehead atoms. The predicted octanol–water partition coefficient (Wildman–Crippen LogP) is 2.51. The molecule has 0 aliphatic rings. The molecule has 1 amide bonds. The zero-order chi connectivity index (χ0) is 16.4. The molecule has 2 heterocycles. The van der Waals surface area contributed by atoms with E-state index in [1.807, 2.05) is 54.6 Å². The molecular weight excluding hydrogens is 324 g/mol. The number of thiazole rings is 1. The molecule has 0 fully saturated rings. The smallest absolute Gasteiger partial charge is 0.255 e. The van der Waals surface area contributed by atoms with Crippen molar-refractivity contribution >= 4 is 32.6 Å². The van der Waals surface area contributed by atoms with E-state index in [4.69, 9.17) is 0 Å². The van der Waals surface area contributed by atoms with Crippen LogP contribution in [0, 0.1) is 0 Å². The molecule has 118 valence electrons. The lowest BCUT2D eigenvalue weighted by Gasteiger charge is -2.15. The molecule has 0 aliphatic heterocycles. The third-order valence-corrected chi connectivity index (χ3v) is 4.47. The fraction of sp³-hybridized carbons (Fsp3) is 0.0625. The van der Waals surface area contributed by atoms with Gasteiger partial charge in [0.05, 0.1) is 10.2 Å². The minimum atomic E-state index is -0.659. The number of rotatable bonds is 4. The summed E-state index contributed by atoms with van der Waals surface area (Å²) in [6.07, 6.45) is 1.43. The van der Waals surface area contributed by atoms with Gasteiger partial charge in [0.1, 0.15) is 6.33 Å². The summed E-state index contributed by atoms with van der Waals surface area (Å²) in [5.74, 6) is -0.243. The van der Waals surface area contributed by atoms with Gasteiger partial charge < -0.3 is 0 Å². The number of carbonyl (C=O) groups is 1. The van der Waals surface area contributed by atoms with Crippen LogP contribution in [0.3, 0.4) is 0 Å². The zero-order valence-corrected chi connectivity index (χ0v) is 13.2. The summed E-state index contributed by atoms with van der Waals surface area (Å²) < 4.78 is 2.45. The lowest BCUT2D eigenvalue weighted by molar-refractivity contribution is -0.118. The molecule has 1 atom stereocenters. The van der Waals surface area contributed by atoms with E-state index < -0.39 is 6.04 Å². The summed E-state index contributed by atoms with van der Waals surface area (Å²) >= 11 is 1.43. The Hall–Kier alpha value is -3.13. The number of nitrogens with zero attached hydrogens (tertiary/aromatic N) is 5. The minimum Gasteiger partial charge on any atom is -0.300 e. The number of aromatic nitrogens is 5. The van der Waals surface area contributed by atoms with E-state index in [-0.39, 0.29) is 5.91 Å². The first-order valence-corrected chi connectivity index (χ1v) is 8.07. The molecule has 2 aromatic heterocycles. The summed E-state index contributed by atoms with van der Waals surface area (Å²) in [5.41, 5.74) is 1.65. The van der Waals surface area contributed by atoms with Gasteiger partial charge in [-0.1, -0.05) is 53.8 Å². The summed E-state index contributed by atoms with van der Waals surface area (Å²) in [6.45, 7) is 0. The quantitative estimate of drug-likeness (QED) is 0.619. The van der Waals surface area contributed by atoms with Crippen LogP contribution in [0.15, 0.2) is 60.9 Å². The van der Waals surface area contributed by atoms with Gasteiger partial charge in [0.15, 0.2) is 11.2 Å². The van der Waals surface area contributed by atoms with Crippen LogP contribution in [0.4, 0.5) is 5.13 Å². The maximum atomic E-state index is 12.8. The highest BCUT2D eigenvalue weighted by Gasteiger charge is 2.24. The van der Waals surface area contributed by atoms with Crippen LogP contribution in [0.5, 0.6) is 0 Å². The standard InChI is InChI=1S/C16H12N6OS/c23-15(19-16-18-12-8-4-5-9-13(12)24-16)14(22-10-17-20-21-22)11-6-2-1-3-7-11/h1-10,14H,(H,18,19,23)/t14-/m0/s1. The first kappa shape index (κ1) is 14.5. The Bertz CT molecular complexity index is 934. The van der Waals surface area contributed by atoms with Crippen LogP contribution in [0.25, 0.3) is 10.2 Å². The normalized spacial score (nSPS) is 12.2. The molecule has 0 saturated heterocycles. The molecule has 4 aromatic rings. The van der Waals surface area contributed by atoms with Gasteiger partial charge in [0.25, 0.3) is 5.91 Å². The van der Waals surface area contributed by atoms with Gasteiger partial charge in [-0.3, -0.25) is 10.1 Å². The van der Waals surface area contributed by atoms with E-state index in [1.165, 1.54) is 22.3 Å². The highest BCUT2D eigenvalue weighted by Crippen LogP contribution is 2.27. The van der Waals surface area contributed by atoms with Crippen molar-refractivity contribution in [2.75, 3.05) is 5.32 Å². The second kappa shape index (κ2) is 6.17. The number of para-hydroxylation sites is 1. The molecule has 0 aliphatic carbocycles. The number of carbonyl (C=O) groups excluding carboxylic acids is 1. The number of tetrazole rings is 1. The van der Waals surface area contributed by atoms with Gasteiger partial charge in [-0.15, -0.1) is 5.10 Å². The second-order valence-corrected chi connectivity index (χ2v) is 6.11. The highest BCUT2D eigenvalue weighted by atomic mass is 32.1. The topological polar surface area (TPSA) is 85.6 Å². The van der Waals surface area contributed by atoms with E-state index in [9.17, 15) is 4.79 Å². The Kier molecular flexibility index (Phi) is 3.72. The molecule has 8 heteroatoms. The van der Waals surface area contributed by atoms with Crippen molar-refractivity contribution in [3.05, 3.63) is 66.5 Å². The molecule has 0 unspecified atom stereocenters. The number of hydrogen-bond acceptors (Lipinski definition) is 6. The number of fused-ring (bicyclic) bond motifs is 1. The van der Waals surface area contributed by atoms with Crippen molar-refractivity contribution in [1.82, 2.24) is 25.2 Å². The van der Waals surface area contributed by atoms with Crippen LogP contribution < -0.4 is 5.32 Å². The average molecular weight is 336 g/mol. The third-order valence-electron chi connectivity index (χ3n) is 3.52. The van der Waals surface area contributed by atoms with Crippen molar-refractivity contribution < 1.29 is 4.79 Å². The Labute approximate surface area is 141 Å². The number of amides is 1. The predicted molar refractivity (Wildman–Crippen MR) is 90.6 cm³/mol. The van der Waals surface area contributed by atoms with Crippen LogP contribution in [-0.4, -0.2) is 31.1 Å². The fourth-order valence-electron chi connectivity index (χ4n) is 2.45. The number of nitrogens with one attached hydrogen (secondary N) is 1. The SMILES string of the molecule is O=C(Nc1nc2ccccc2s1)[C@H](c1ccccc1)n1cnnn1. The summed E-state index contributed by atoms with van der Waals surface area (Å²) in [5, 5.41) is 14.6. The van der Waals surface area contributed by atoms with Crippen LogP contribution in [-0.2, 0) is 4.79 Å². The molecule has 2 aromatic carbocycles. The summed E-state index contributed by atoms with van der Waals surface area (Å²) in [7, 11) is 0. The van der Waals surface area contributed by atoms with E-state index >= 15 is 0 Å². The van der Waals surface area contributed by atoms with Gasteiger partial charge in [0, 0.05) is 0 Å². The Morgan fingerprint density at radius 2 is 1.88 bits per heavy atom. The molecule has 0 saturated carbocycles. The first-order valence-electron chi connectivity index (χ1n) is 7.25. The van der Waals surface area contributed by atoms with Crippen molar-refractivity contribution in [1.29, 1.82) is 0 Å². The van der Waals surface area contributed by atoms with Crippen molar-refractivity contribution in [2.45, 2.75) is 6.04 Å². The number of hydrogen-bond donors (Lipinski definition) is 1. The molecule has 4 rings (SSSR count). The molecule has 1 N–H and O–H groups in total. The zero-order valence-electron chi connectivity index (χ0n) is 12.4. The lowest BCUT2D eigenvalue weighted by Crippen LogP contribution is -2.27. The van der Waals surface area contributed by atoms with Crippen molar-refractivity contribution in [3.8, 4) is 0 Å².